The summed E-state index contributed by atoms with van der Waals surface area (Å²) in [7, 11) is 1.41. The van der Waals surface area contributed by atoms with Crippen molar-refractivity contribution >= 4 is 23.2 Å². The summed E-state index contributed by atoms with van der Waals surface area (Å²) in [4.78, 5) is 37.6. The molecule has 4 aliphatic rings. The van der Waals surface area contributed by atoms with Crippen LogP contribution in [-0.2, 0) is 9.59 Å². The lowest BCUT2D eigenvalue weighted by atomic mass is 9.63. The van der Waals surface area contributed by atoms with Gasteiger partial charge in [-0.15, -0.1) is 0 Å². The molecule has 2 amide bonds. The Kier molecular flexibility index (Phi) is 3.19. The molecule has 4 atom stereocenters. The van der Waals surface area contributed by atoms with Crippen molar-refractivity contribution in [2.24, 2.45) is 23.7 Å². The molecule has 24 heavy (non-hydrogen) atoms. The van der Waals surface area contributed by atoms with Crippen molar-refractivity contribution in [1.82, 2.24) is 0 Å². The maximum atomic E-state index is 12.9. The molecule has 3 aliphatic carbocycles. The Morgan fingerprint density at radius 2 is 1.71 bits per heavy atom. The number of fused-ring (bicyclic) bond motifs is 1. The van der Waals surface area contributed by atoms with Crippen molar-refractivity contribution in [3.05, 3.63) is 40.5 Å². The zero-order valence-corrected chi connectivity index (χ0v) is 13.0. The maximum Gasteiger partial charge on any atom is 0.297 e. The van der Waals surface area contributed by atoms with Crippen LogP contribution in [0.1, 0.15) is 12.8 Å². The zero-order chi connectivity index (χ0) is 17.0. The van der Waals surface area contributed by atoms with E-state index >= 15 is 0 Å². The summed E-state index contributed by atoms with van der Waals surface area (Å²) >= 11 is 0. The minimum atomic E-state index is -0.590. The molecule has 0 N–H and O–H groups in total. The first-order chi connectivity index (χ1) is 11.5. The second-order valence-corrected chi connectivity index (χ2v) is 6.47. The number of allylic oxidation sites excluding steroid dienone is 2. The van der Waals surface area contributed by atoms with Crippen LogP contribution in [0, 0.1) is 33.8 Å². The largest absolute Gasteiger partial charge is 0.496 e. The number of carbonyl (C=O) groups is 2. The van der Waals surface area contributed by atoms with E-state index in [-0.39, 0.29) is 46.9 Å². The number of nitrogens with zero attached hydrogens (tertiary/aromatic N) is 2. The van der Waals surface area contributed by atoms with Gasteiger partial charge in [0.05, 0.1) is 29.9 Å². The Labute approximate surface area is 138 Å². The number of nitro groups is 1. The average molecular weight is 328 g/mol. The van der Waals surface area contributed by atoms with Gasteiger partial charge < -0.3 is 4.74 Å². The highest BCUT2D eigenvalue weighted by molar-refractivity contribution is 6.23. The van der Waals surface area contributed by atoms with Crippen LogP contribution >= 0.6 is 0 Å². The van der Waals surface area contributed by atoms with Gasteiger partial charge in [0.1, 0.15) is 11.4 Å². The summed E-state index contributed by atoms with van der Waals surface area (Å²) in [6, 6.07) is 4.18. The lowest BCUT2D eigenvalue weighted by molar-refractivity contribution is -0.384. The molecule has 1 heterocycles. The third kappa shape index (κ3) is 1.90. The van der Waals surface area contributed by atoms with Crippen molar-refractivity contribution in [3.63, 3.8) is 0 Å². The van der Waals surface area contributed by atoms with Gasteiger partial charge in [-0.1, -0.05) is 12.2 Å². The molecule has 2 fully saturated rings. The molecule has 0 unspecified atom stereocenters. The van der Waals surface area contributed by atoms with Crippen molar-refractivity contribution in [3.8, 4) is 5.75 Å². The Bertz CT molecular complexity index is 755. The molecule has 5 rings (SSSR count). The summed E-state index contributed by atoms with van der Waals surface area (Å²) < 4.78 is 5.01. The van der Waals surface area contributed by atoms with Crippen LogP contribution in [0.4, 0.5) is 11.4 Å². The van der Waals surface area contributed by atoms with E-state index in [0.717, 1.165) is 17.7 Å². The molecular formula is C17H16N2O5. The van der Waals surface area contributed by atoms with Gasteiger partial charge in [-0.05, 0) is 36.8 Å². The number of amides is 2. The van der Waals surface area contributed by atoms with Crippen LogP contribution in [-0.4, -0.2) is 23.8 Å². The fourth-order valence-corrected chi connectivity index (χ4v) is 4.28. The van der Waals surface area contributed by atoms with E-state index in [1.807, 2.05) is 12.2 Å². The molecule has 1 aromatic rings. The molecule has 0 spiro atoms. The summed E-state index contributed by atoms with van der Waals surface area (Å²) in [5, 5.41) is 11.4. The summed E-state index contributed by atoms with van der Waals surface area (Å²) in [5.41, 5.74) is -0.264. The molecular weight excluding hydrogens is 312 g/mol. The van der Waals surface area contributed by atoms with Gasteiger partial charge >= 0.3 is 0 Å². The summed E-state index contributed by atoms with van der Waals surface area (Å²) in [5.74, 6) is -0.998. The predicted octanol–water partition coefficient (Wildman–Crippen LogP) is 2.30. The Hall–Kier alpha value is -2.70. The molecule has 2 bridgehead atoms. The highest BCUT2D eigenvalue weighted by Gasteiger charge is 2.57. The summed E-state index contributed by atoms with van der Waals surface area (Å²) in [6.45, 7) is 0. The van der Waals surface area contributed by atoms with Crippen molar-refractivity contribution < 1.29 is 19.2 Å². The lowest BCUT2D eigenvalue weighted by Crippen LogP contribution is -2.38. The van der Waals surface area contributed by atoms with Crippen LogP contribution < -0.4 is 9.64 Å². The van der Waals surface area contributed by atoms with Crippen molar-refractivity contribution in [2.45, 2.75) is 12.8 Å². The van der Waals surface area contributed by atoms with Gasteiger partial charge in [-0.3, -0.25) is 19.7 Å². The van der Waals surface area contributed by atoms with Crippen LogP contribution in [0.25, 0.3) is 0 Å². The third-order valence-electron chi connectivity index (χ3n) is 5.38. The monoisotopic (exact) mass is 328 g/mol. The molecule has 0 radical (unpaired) electrons. The standard InChI is InChI=1S/C17H16N2O5/c1-24-11-6-7-12(13(8-11)19(22)23)18-16(20)14-9-2-3-10(5-4-9)15(14)17(18)21/h2-3,6-10,14-15H,4-5H2,1H3/t9-,10-,14-,15+/m0/s1. The quantitative estimate of drug-likeness (QED) is 0.367. The first-order valence-corrected chi connectivity index (χ1v) is 7.91. The van der Waals surface area contributed by atoms with E-state index in [0.29, 0.717) is 5.75 Å². The number of methoxy groups -OCH3 is 1. The van der Waals surface area contributed by atoms with E-state index < -0.39 is 4.92 Å². The molecule has 0 aromatic heterocycles. The Balaban J connectivity index is 1.80. The second kappa shape index (κ2) is 5.15. The van der Waals surface area contributed by atoms with Gasteiger partial charge in [-0.2, -0.15) is 0 Å². The topological polar surface area (TPSA) is 89.8 Å². The molecule has 1 saturated carbocycles. The highest BCUT2D eigenvalue weighted by atomic mass is 16.6. The third-order valence-corrected chi connectivity index (χ3v) is 5.38. The summed E-state index contributed by atoms with van der Waals surface area (Å²) in [6.07, 6.45) is 5.82. The number of imide groups is 1. The number of nitro benzene ring substituents is 1. The molecule has 124 valence electrons. The Morgan fingerprint density at radius 1 is 1.12 bits per heavy atom. The number of carbonyl (C=O) groups excluding carboxylic acids is 2. The van der Waals surface area contributed by atoms with Crippen LogP contribution in [0.2, 0.25) is 0 Å². The minimum absolute atomic E-state index is 0.0320. The van der Waals surface area contributed by atoms with E-state index in [2.05, 4.69) is 0 Å². The number of rotatable bonds is 3. The molecule has 7 heteroatoms. The van der Waals surface area contributed by atoms with E-state index in [4.69, 9.17) is 4.74 Å². The smallest absolute Gasteiger partial charge is 0.297 e. The first kappa shape index (κ1) is 14.9. The lowest BCUT2D eigenvalue weighted by Gasteiger charge is -2.38. The van der Waals surface area contributed by atoms with Gasteiger partial charge in [0.15, 0.2) is 0 Å². The fourth-order valence-electron chi connectivity index (χ4n) is 4.28. The van der Waals surface area contributed by atoms with Gasteiger partial charge in [-0.25, -0.2) is 4.90 Å². The second-order valence-electron chi connectivity index (χ2n) is 6.47. The molecule has 1 aliphatic heterocycles. The molecule has 1 saturated heterocycles. The van der Waals surface area contributed by atoms with Gasteiger partial charge in [0, 0.05) is 0 Å². The van der Waals surface area contributed by atoms with Crippen LogP contribution in [0.5, 0.6) is 5.75 Å². The van der Waals surface area contributed by atoms with E-state index in [9.17, 15) is 19.7 Å². The van der Waals surface area contributed by atoms with E-state index in [1.54, 1.807) is 0 Å². The average Bonchev–Trinajstić information content (AvgIpc) is 2.88. The van der Waals surface area contributed by atoms with E-state index in [1.165, 1.54) is 25.3 Å². The highest BCUT2D eigenvalue weighted by Crippen LogP contribution is 2.51. The van der Waals surface area contributed by atoms with Gasteiger partial charge in [0.25, 0.3) is 5.69 Å². The normalized spacial score (nSPS) is 30.6. The van der Waals surface area contributed by atoms with Crippen LogP contribution in [0.3, 0.4) is 0 Å². The zero-order valence-electron chi connectivity index (χ0n) is 13.0. The Morgan fingerprint density at radius 3 is 2.17 bits per heavy atom. The number of benzene rings is 1. The molecule has 7 nitrogen and oxygen atoms in total. The SMILES string of the molecule is COc1ccc(N2C(=O)[C@@H]3[C@H](C2=O)[C@H]2C=C[C@H]3CC2)c([N+](=O)[O-])c1. The van der Waals surface area contributed by atoms with Gasteiger partial charge in [0.2, 0.25) is 11.8 Å². The minimum Gasteiger partial charge on any atom is -0.496 e. The fraction of sp³-hybridized carbons (Fsp3) is 0.412. The number of hydrogen-bond acceptors (Lipinski definition) is 5. The maximum absolute atomic E-state index is 12.9. The first-order valence-electron chi connectivity index (χ1n) is 7.91. The number of anilines is 1. The number of ether oxygens (including phenoxy) is 1. The van der Waals surface area contributed by atoms with Crippen LogP contribution in [0.15, 0.2) is 30.4 Å². The van der Waals surface area contributed by atoms with Crippen molar-refractivity contribution in [1.29, 1.82) is 0 Å². The molecule has 1 aromatic carbocycles. The number of hydrogen-bond donors (Lipinski definition) is 0. The predicted molar refractivity (Wildman–Crippen MR) is 84.5 cm³/mol. The van der Waals surface area contributed by atoms with Crippen molar-refractivity contribution in [2.75, 3.05) is 12.0 Å².